The van der Waals surface area contributed by atoms with Gasteiger partial charge in [0.05, 0.1) is 24.5 Å². The van der Waals surface area contributed by atoms with Crippen LogP contribution in [0.2, 0.25) is 0 Å². The highest BCUT2D eigenvalue weighted by molar-refractivity contribution is 7.09. The van der Waals surface area contributed by atoms with Gasteiger partial charge in [-0.1, -0.05) is 30.4 Å². The lowest BCUT2D eigenvalue weighted by Crippen LogP contribution is -2.57. The zero-order chi connectivity index (χ0) is 25.0. The first-order valence-electron chi connectivity index (χ1n) is 11.6. The van der Waals surface area contributed by atoms with Crippen LogP contribution in [0.5, 0.6) is 0 Å². The Bertz CT molecular complexity index is 1170. The Labute approximate surface area is 207 Å². The number of nitrogens with zero attached hydrogens (tertiary/aromatic N) is 1. The molecule has 2 N–H and O–H groups in total. The van der Waals surface area contributed by atoms with Crippen molar-refractivity contribution in [3.8, 4) is 0 Å². The third-order valence-electron chi connectivity index (χ3n) is 6.71. The summed E-state index contributed by atoms with van der Waals surface area (Å²) in [6.07, 6.45) is 2.99. The molecule has 9 heteroatoms. The van der Waals surface area contributed by atoms with Gasteiger partial charge < -0.3 is 20.3 Å². The van der Waals surface area contributed by atoms with Crippen molar-refractivity contribution in [2.75, 3.05) is 0 Å². The van der Waals surface area contributed by atoms with Crippen LogP contribution in [0.4, 0.5) is 4.39 Å². The number of ether oxygens (including phenoxy) is 1. The number of amides is 3. The fourth-order valence-corrected chi connectivity index (χ4v) is 6.06. The van der Waals surface area contributed by atoms with Gasteiger partial charge in [-0.15, -0.1) is 11.3 Å². The van der Waals surface area contributed by atoms with Gasteiger partial charge in [0.25, 0.3) is 0 Å². The van der Waals surface area contributed by atoms with Crippen LogP contribution in [0.3, 0.4) is 0 Å². The maximum atomic E-state index is 13.8. The van der Waals surface area contributed by atoms with Crippen LogP contribution >= 0.6 is 11.3 Å². The third kappa shape index (κ3) is 4.16. The SMILES string of the molecule is CC(C)(C)NC(=O)[C@@H]1N(Cc2cccs2)C(=O)[C@H]2[C@@H](C(=O)NCc3ccc(F)cc3)[C@H]3C=C[C@]12O3. The first kappa shape index (κ1) is 23.7. The average Bonchev–Trinajstić information content (AvgIpc) is 3.55. The molecule has 184 valence electrons. The van der Waals surface area contributed by atoms with Gasteiger partial charge in [-0.25, -0.2) is 4.39 Å². The van der Waals surface area contributed by atoms with Gasteiger partial charge in [0.2, 0.25) is 17.7 Å². The highest BCUT2D eigenvalue weighted by Gasteiger charge is 2.72. The first-order valence-corrected chi connectivity index (χ1v) is 12.5. The number of halogens is 1. The Morgan fingerprint density at radius 3 is 2.57 bits per heavy atom. The number of fused-ring (bicyclic) bond motifs is 1. The van der Waals surface area contributed by atoms with Gasteiger partial charge in [-0.2, -0.15) is 0 Å². The Morgan fingerprint density at radius 2 is 1.91 bits per heavy atom. The smallest absolute Gasteiger partial charge is 0.246 e. The highest BCUT2D eigenvalue weighted by atomic mass is 32.1. The van der Waals surface area contributed by atoms with Crippen LogP contribution in [0, 0.1) is 17.7 Å². The third-order valence-corrected chi connectivity index (χ3v) is 7.57. The van der Waals surface area contributed by atoms with Gasteiger partial charge in [0, 0.05) is 17.0 Å². The number of hydrogen-bond acceptors (Lipinski definition) is 5. The maximum absolute atomic E-state index is 13.8. The minimum Gasteiger partial charge on any atom is -0.359 e. The Balaban J connectivity index is 1.43. The Kier molecular flexibility index (Phi) is 5.80. The predicted molar refractivity (Wildman–Crippen MR) is 129 cm³/mol. The second kappa shape index (κ2) is 8.57. The van der Waals surface area contributed by atoms with Crippen LogP contribution in [0.1, 0.15) is 31.2 Å². The van der Waals surface area contributed by atoms with Crippen molar-refractivity contribution in [1.82, 2.24) is 15.5 Å². The molecular weight excluding hydrogens is 469 g/mol. The molecule has 2 fully saturated rings. The maximum Gasteiger partial charge on any atom is 0.246 e. The van der Waals surface area contributed by atoms with Gasteiger partial charge >= 0.3 is 0 Å². The van der Waals surface area contributed by atoms with E-state index in [1.165, 1.54) is 23.5 Å². The summed E-state index contributed by atoms with van der Waals surface area (Å²) >= 11 is 1.51. The fraction of sp³-hybridized carbons (Fsp3) is 0.423. The summed E-state index contributed by atoms with van der Waals surface area (Å²) in [6.45, 7) is 6.12. The molecule has 0 unspecified atom stereocenters. The molecule has 3 amide bonds. The van der Waals surface area contributed by atoms with E-state index in [4.69, 9.17) is 4.74 Å². The van der Waals surface area contributed by atoms with Crippen LogP contribution < -0.4 is 10.6 Å². The molecule has 0 aliphatic carbocycles. The van der Waals surface area contributed by atoms with E-state index in [1.54, 1.807) is 29.2 Å². The van der Waals surface area contributed by atoms with Crippen molar-refractivity contribution in [3.63, 3.8) is 0 Å². The number of carbonyl (C=O) groups excluding carboxylic acids is 3. The van der Waals surface area contributed by atoms with Gasteiger partial charge in [0.1, 0.15) is 17.5 Å². The van der Waals surface area contributed by atoms with Crippen LogP contribution in [0.25, 0.3) is 0 Å². The highest BCUT2D eigenvalue weighted by Crippen LogP contribution is 2.55. The van der Waals surface area contributed by atoms with E-state index in [9.17, 15) is 18.8 Å². The number of benzene rings is 1. The van der Waals surface area contributed by atoms with Crippen molar-refractivity contribution in [3.05, 3.63) is 70.2 Å². The predicted octanol–water partition coefficient (Wildman–Crippen LogP) is 2.77. The average molecular weight is 498 g/mol. The summed E-state index contributed by atoms with van der Waals surface area (Å²) in [5.41, 5.74) is -0.962. The molecule has 5 atom stereocenters. The number of nitrogens with one attached hydrogen (secondary N) is 2. The van der Waals surface area contributed by atoms with Crippen LogP contribution in [-0.4, -0.2) is 45.9 Å². The lowest BCUT2D eigenvalue weighted by molar-refractivity contribution is -0.142. The van der Waals surface area contributed by atoms with Crippen molar-refractivity contribution >= 4 is 29.1 Å². The molecule has 35 heavy (non-hydrogen) atoms. The number of carbonyl (C=O) groups is 3. The summed E-state index contributed by atoms with van der Waals surface area (Å²) in [6, 6.07) is 8.80. The van der Waals surface area contributed by atoms with Gasteiger partial charge in [-0.3, -0.25) is 14.4 Å². The zero-order valence-corrected chi connectivity index (χ0v) is 20.6. The molecule has 4 heterocycles. The van der Waals surface area contributed by atoms with Crippen molar-refractivity contribution < 1.29 is 23.5 Å². The quantitative estimate of drug-likeness (QED) is 0.601. The second-order valence-corrected chi connectivity index (χ2v) is 11.4. The lowest BCUT2D eigenvalue weighted by atomic mass is 9.74. The Morgan fingerprint density at radius 1 is 1.17 bits per heavy atom. The molecule has 7 nitrogen and oxygen atoms in total. The molecule has 3 aliphatic rings. The monoisotopic (exact) mass is 497 g/mol. The van der Waals surface area contributed by atoms with E-state index >= 15 is 0 Å². The molecule has 5 rings (SSSR count). The Hall–Kier alpha value is -3.04. The van der Waals surface area contributed by atoms with Gasteiger partial charge in [0.15, 0.2) is 0 Å². The zero-order valence-electron chi connectivity index (χ0n) is 19.8. The molecule has 2 aromatic rings. The van der Waals surface area contributed by atoms with Crippen molar-refractivity contribution in [2.45, 2.75) is 57.1 Å². The number of thiophene rings is 1. The normalized spacial score (nSPS) is 28.9. The molecule has 1 aromatic heterocycles. The van der Waals surface area contributed by atoms with E-state index < -0.39 is 35.1 Å². The number of rotatable bonds is 6. The molecule has 2 saturated heterocycles. The number of likely N-dealkylation sites (tertiary alicyclic amines) is 1. The standard InChI is InChI=1S/C26H28FN3O4S/c1-25(2,3)29-23(32)21-26-11-10-18(34-26)19(22(31)28-13-15-6-8-16(27)9-7-15)20(26)24(33)30(21)14-17-5-4-12-35-17/h4-12,18-21H,13-14H2,1-3H3,(H,28,31)(H,29,32)/t18-,19+,20-,21+,26-/m1/s1. The second-order valence-electron chi connectivity index (χ2n) is 10.3. The molecule has 2 bridgehead atoms. The summed E-state index contributed by atoms with van der Waals surface area (Å²) in [5, 5.41) is 7.80. The summed E-state index contributed by atoms with van der Waals surface area (Å²) in [4.78, 5) is 43.2. The van der Waals surface area contributed by atoms with Crippen molar-refractivity contribution in [2.24, 2.45) is 11.8 Å². The molecule has 0 saturated carbocycles. The fourth-order valence-electron chi connectivity index (χ4n) is 5.36. The van der Waals surface area contributed by atoms with Crippen molar-refractivity contribution in [1.29, 1.82) is 0 Å². The van der Waals surface area contributed by atoms with E-state index in [-0.39, 0.29) is 36.6 Å². The minimum atomic E-state index is -1.20. The summed E-state index contributed by atoms with van der Waals surface area (Å²) in [5.74, 6) is -2.80. The molecule has 3 aliphatic heterocycles. The van der Waals surface area contributed by atoms with Crippen LogP contribution in [0.15, 0.2) is 53.9 Å². The lowest BCUT2D eigenvalue weighted by Gasteiger charge is -2.34. The molecule has 1 spiro atoms. The van der Waals surface area contributed by atoms with Gasteiger partial charge in [-0.05, 0) is 49.9 Å². The summed E-state index contributed by atoms with van der Waals surface area (Å²) < 4.78 is 19.5. The molecular formula is C26H28FN3O4S. The largest absolute Gasteiger partial charge is 0.359 e. The van der Waals surface area contributed by atoms with E-state index in [1.807, 2.05) is 38.3 Å². The topological polar surface area (TPSA) is 87.7 Å². The van der Waals surface area contributed by atoms with E-state index in [2.05, 4.69) is 10.6 Å². The van der Waals surface area contributed by atoms with Crippen LogP contribution in [-0.2, 0) is 32.2 Å². The minimum absolute atomic E-state index is 0.201. The first-order chi connectivity index (χ1) is 16.6. The molecule has 1 aromatic carbocycles. The summed E-state index contributed by atoms with van der Waals surface area (Å²) in [7, 11) is 0. The van der Waals surface area contributed by atoms with E-state index in [0.717, 1.165) is 10.4 Å². The molecule has 0 radical (unpaired) electrons. The number of hydrogen-bond donors (Lipinski definition) is 2. The van der Waals surface area contributed by atoms with E-state index in [0.29, 0.717) is 0 Å².